The third-order valence-corrected chi connectivity index (χ3v) is 3.12. The molecular weight excluding hydrogens is 250 g/mol. The second kappa shape index (κ2) is 5.17. The third-order valence-electron chi connectivity index (χ3n) is 3.12. The molecule has 100 valence electrons. The molecule has 4 nitrogen and oxygen atoms in total. The van der Waals surface area contributed by atoms with Crippen LogP contribution in [0.25, 0.3) is 22.5 Å². The van der Waals surface area contributed by atoms with Crippen molar-refractivity contribution in [2.45, 2.75) is 0 Å². The summed E-state index contributed by atoms with van der Waals surface area (Å²) in [7, 11) is 3.49. The summed E-state index contributed by atoms with van der Waals surface area (Å²) in [6.45, 7) is 0. The average Bonchev–Trinajstić information content (AvgIpc) is 2.90. The number of rotatable bonds is 3. The van der Waals surface area contributed by atoms with E-state index < -0.39 is 0 Å². The Morgan fingerprint density at radius 2 is 1.35 bits per heavy atom. The van der Waals surface area contributed by atoms with Crippen LogP contribution in [0.4, 0.5) is 0 Å². The fourth-order valence-corrected chi connectivity index (χ4v) is 2.14. The van der Waals surface area contributed by atoms with Crippen molar-refractivity contribution < 1.29 is 4.74 Å². The number of hydrogen-bond acceptors (Lipinski definition) is 3. The molecule has 0 unspecified atom stereocenters. The predicted octanol–water partition coefficient (Wildman–Crippen LogP) is 3.16. The summed E-state index contributed by atoms with van der Waals surface area (Å²) in [5.41, 5.74) is 3.85. The smallest absolute Gasteiger partial charge is 0.121 e. The van der Waals surface area contributed by atoms with E-state index in [0.29, 0.717) is 0 Å². The fraction of sp³-hybridized carbons (Fsp3) is 0.125. The standard InChI is InChI=1S/C16H15N3O/c1-19-17-15(12-6-4-3-5-7-12)16(18-19)13-8-10-14(20-2)11-9-13/h3-11H,1-2H3. The van der Waals surface area contributed by atoms with Gasteiger partial charge in [0.15, 0.2) is 0 Å². The van der Waals surface area contributed by atoms with Gasteiger partial charge in [-0.25, -0.2) is 0 Å². The first kappa shape index (κ1) is 12.4. The van der Waals surface area contributed by atoms with Crippen LogP contribution in [-0.2, 0) is 7.05 Å². The summed E-state index contributed by atoms with van der Waals surface area (Å²) in [6, 6.07) is 17.9. The van der Waals surface area contributed by atoms with Gasteiger partial charge in [-0.3, -0.25) is 0 Å². The van der Waals surface area contributed by atoms with E-state index in [1.54, 1.807) is 11.9 Å². The van der Waals surface area contributed by atoms with Crippen LogP contribution in [0.3, 0.4) is 0 Å². The SMILES string of the molecule is COc1ccc(-c2nn(C)nc2-c2ccccc2)cc1. The van der Waals surface area contributed by atoms with Crippen LogP contribution in [0.1, 0.15) is 0 Å². The van der Waals surface area contributed by atoms with E-state index in [4.69, 9.17) is 4.74 Å². The molecular formula is C16H15N3O. The van der Waals surface area contributed by atoms with E-state index >= 15 is 0 Å². The molecule has 0 spiro atoms. The van der Waals surface area contributed by atoms with E-state index in [1.807, 2.05) is 61.6 Å². The molecule has 2 aromatic carbocycles. The van der Waals surface area contributed by atoms with Gasteiger partial charge >= 0.3 is 0 Å². The van der Waals surface area contributed by atoms with Gasteiger partial charge in [-0.15, -0.1) is 0 Å². The molecule has 0 amide bonds. The van der Waals surface area contributed by atoms with Gasteiger partial charge in [0, 0.05) is 18.2 Å². The van der Waals surface area contributed by atoms with Crippen molar-refractivity contribution in [3.63, 3.8) is 0 Å². The average molecular weight is 265 g/mol. The Balaban J connectivity index is 2.09. The molecule has 3 rings (SSSR count). The number of hydrogen-bond donors (Lipinski definition) is 0. The minimum atomic E-state index is 0.832. The normalized spacial score (nSPS) is 10.5. The molecule has 4 heteroatoms. The number of nitrogens with zero attached hydrogens (tertiary/aromatic N) is 3. The molecule has 0 fully saturated rings. The second-order valence-electron chi connectivity index (χ2n) is 4.48. The molecule has 1 aromatic heterocycles. The Kier molecular flexibility index (Phi) is 3.21. The molecule has 20 heavy (non-hydrogen) atoms. The predicted molar refractivity (Wildman–Crippen MR) is 78.4 cm³/mol. The quantitative estimate of drug-likeness (QED) is 0.730. The van der Waals surface area contributed by atoms with Gasteiger partial charge in [-0.1, -0.05) is 30.3 Å². The molecule has 0 saturated carbocycles. The molecule has 0 bridgehead atoms. The van der Waals surface area contributed by atoms with Crippen LogP contribution in [0.2, 0.25) is 0 Å². The van der Waals surface area contributed by atoms with Crippen molar-refractivity contribution in [3.05, 3.63) is 54.6 Å². The van der Waals surface area contributed by atoms with Crippen molar-refractivity contribution in [3.8, 4) is 28.3 Å². The topological polar surface area (TPSA) is 39.9 Å². The van der Waals surface area contributed by atoms with E-state index in [0.717, 1.165) is 28.3 Å². The third kappa shape index (κ3) is 2.28. The van der Waals surface area contributed by atoms with Crippen molar-refractivity contribution in [2.75, 3.05) is 7.11 Å². The van der Waals surface area contributed by atoms with Crippen LogP contribution in [0.5, 0.6) is 5.75 Å². The number of aromatic nitrogens is 3. The van der Waals surface area contributed by atoms with Gasteiger partial charge in [0.05, 0.1) is 7.11 Å². The number of methoxy groups -OCH3 is 1. The highest BCUT2D eigenvalue weighted by Gasteiger charge is 2.13. The van der Waals surface area contributed by atoms with Crippen LogP contribution < -0.4 is 4.74 Å². The molecule has 3 aromatic rings. The van der Waals surface area contributed by atoms with Crippen LogP contribution >= 0.6 is 0 Å². The maximum atomic E-state index is 5.18. The van der Waals surface area contributed by atoms with Crippen molar-refractivity contribution in [1.29, 1.82) is 0 Å². The Hall–Kier alpha value is -2.62. The molecule has 0 N–H and O–H groups in total. The summed E-state index contributed by atoms with van der Waals surface area (Å²) >= 11 is 0. The zero-order chi connectivity index (χ0) is 13.9. The van der Waals surface area contributed by atoms with Crippen molar-refractivity contribution in [2.24, 2.45) is 7.05 Å². The minimum absolute atomic E-state index is 0.832. The summed E-state index contributed by atoms with van der Waals surface area (Å²) in [5, 5.41) is 8.95. The molecule has 0 aliphatic carbocycles. The Morgan fingerprint density at radius 1 is 0.800 bits per heavy atom. The zero-order valence-corrected chi connectivity index (χ0v) is 11.4. The second-order valence-corrected chi connectivity index (χ2v) is 4.48. The van der Waals surface area contributed by atoms with E-state index in [1.165, 1.54) is 0 Å². The summed E-state index contributed by atoms with van der Waals surface area (Å²) in [5.74, 6) is 0.832. The largest absolute Gasteiger partial charge is 0.497 e. The van der Waals surface area contributed by atoms with Gasteiger partial charge < -0.3 is 4.74 Å². The van der Waals surface area contributed by atoms with Crippen LogP contribution in [0.15, 0.2) is 54.6 Å². The highest BCUT2D eigenvalue weighted by atomic mass is 16.5. The highest BCUT2D eigenvalue weighted by Crippen LogP contribution is 2.29. The van der Waals surface area contributed by atoms with Gasteiger partial charge in [-0.2, -0.15) is 15.0 Å². The lowest BCUT2D eigenvalue weighted by molar-refractivity contribution is 0.415. The van der Waals surface area contributed by atoms with E-state index in [9.17, 15) is 0 Å². The zero-order valence-electron chi connectivity index (χ0n) is 11.4. The van der Waals surface area contributed by atoms with Crippen LogP contribution in [-0.4, -0.2) is 22.1 Å². The maximum absolute atomic E-state index is 5.18. The Morgan fingerprint density at radius 3 is 1.90 bits per heavy atom. The lowest BCUT2D eigenvalue weighted by atomic mass is 10.1. The first-order valence-corrected chi connectivity index (χ1v) is 6.39. The molecule has 1 heterocycles. The molecule has 0 atom stereocenters. The maximum Gasteiger partial charge on any atom is 0.121 e. The summed E-state index contributed by atoms with van der Waals surface area (Å²) in [4.78, 5) is 1.60. The number of benzene rings is 2. The number of aryl methyl sites for hydroxylation is 1. The van der Waals surface area contributed by atoms with E-state index in [2.05, 4.69) is 10.2 Å². The molecule has 0 aliphatic rings. The van der Waals surface area contributed by atoms with Gasteiger partial charge in [0.1, 0.15) is 17.1 Å². The first-order chi connectivity index (χ1) is 9.78. The Bertz CT molecular complexity index is 702. The first-order valence-electron chi connectivity index (χ1n) is 6.39. The Labute approximate surface area is 117 Å². The number of ether oxygens (including phenoxy) is 1. The monoisotopic (exact) mass is 265 g/mol. The van der Waals surface area contributed by atoms with E-state index in [-0.39, 0.29) is 0 Å². The van der Waals surface area contributed by atoms with Gasteiger partial charge in [0.25, 0.3) is 0 Å². The molecule has 0 saturated heterocycles. The van der Waals surface area contributed by atoms with Gasteiger partial charge in [0.2, 0.25) is 0 Å². The summed E-state index contributed by atoms with van der Waals surface area (Å²) < 4.78 is 5.18. The summed E-state index contributed by atoms with van der Waals surface area (Å²) in [6.07, 6.45) is 0. The molecule has 0 aliphatic heterocycles. The highest BCUT2D eigenvalue weighted by molar-refractivity contribution is 5.77. The van der Waals surface area contributed by atoms with Crippen molar-refractivity contribution >= 4 is 0 Å². The minimum Gasteiger partial charge on any atom is -0.497 e. The van der Waals surface area contributed by atoms with Gasteiger partial charge in [-0.05, 0) is 24.3 Å². The van der Waals surface area contributed by atoms with Crippen molar-refractivity contribution in [1.82, 2.24) is 15.0 Å². The molecule has 0 radical (unpaired) electrons. The van der Waals surface area contributed by atoms with Crippen LogP contribution in [0, 0.1) is 0 Å². The lowest BCUT2D eigenvalue weighted by Gasteiger charge is -2.03. The fourth-order valence-electron chi connectivity index (χ4n) is 2.14. The lowest BCUT2D eigenvalue weighted by Crippen LogP contribution is -1.92.